The minimum atomic E-state index is -4.63. The second kappa shape index (κ2) is 15.9. The van der Waals surface area contributed by atoms with Crippen molar-refractivity contribution in [3.05, 3.63) is 145 Å². The van der Waals surface area contributed by atoms with E-state index in [-0.39, 0.29) is 5.66 Å². The van der Waals surface area contributed by atoms with Crippen molar-refractivity contribution in [2.75, 3.05) is 0 Å². The third kappa shape index (κ3) is 9.17. The maximum atomic E-state index is 12.2. The number of hydrogen-bond acceptors (Lipinski definition) is 4. The molecule has 4 aromatic carbocycles. The normalized spacial score (nSPS) is 15.5. The Morgan fingerprint density at radius 1 is 0.558 bits per heavy atom. The van der Waals surface area contributed by atoms with Crippen LogP contribution in [-0.4, -0.2) is 11.5 Å². The first kappa shape index (κ1) is 31.8. The van der Waals surface area contributed by atoms with E-state index in [2.05, 4.69) is 66.8 Å². The first-order valence-corrected chi connectivity index (χ1v) is 18.8. The Morgan fingerprint density at radius 3 is 1.47 bits per heavy atom. The van der Waals surface area contributed by atoms with E-state index in [0.717, 1.165) is 36.3 Å². The minimum absolute atomic E-state index is 0.159. The van der Waals surface area contributed by atoms with E-state index < -0.39 is 31.9 Å². The SMILES string of the molecule is [O-][Cl+3]([O-])([O-])OC(CCC(C1=CCCC=CCC1)P(c1ccccc1)c1ccccc1)P(c1ccccc1)c1ccccc1. The summed E-state index contributed by atoms with van der Waals surface area (Å²) in [4.78, 5) is 0. The minimum Gasteiger partial charge on any atom is -0.183 e. The van der Waals surface area contributed by atoms with Crippen LogP contribution in [0.1, 0.15) is 38.5 Å². The van der Waals surface area contributed by atoms with Gasteiger partial charge in [-0.2, -0.15) is 14.0 Å². The predicted octanol–water partition coefficient (Wildman–Crippen LogP) is 4.70. The van der Waals surface area contributed by atoms with Gasteiger partial charge in [0.05, 0.1) is 14.5 Å². The molecule has 7 heteroatoms. The summed E-state index contributed by atoms with van der Waals surface area (Å²) in [5.74, 6) is -0.802. The Bertz CT molecular complexity index is 1370. The van der Waals surface area contributed by atoms with Crippen molar-refractivity contribution in [1.29, 1.82) is 0 Å². The molecule has 0 saturated heterocycles. The molecule has 2 atom stereocenters. The van der Waals surface area contributed by atoms with E-state index in [4.69, 9.17) is 4.29 Å². The lowest BCUT2D eigenvalue weighted by Gasteiger charge is -2.33. The number of rotatable bonds is 12. The van der Waals surface area contributed by atoms with Crippen LogP contribution in [0.25, 0.3) is 0 Å². The number of hydrogen-bond donors (Lipinski definition) is 0. The van der Waals surface area contributed by atoms with Crippen molar-refractivity contribution in [3.8, 4) is 0 Å². The highest BCUT2D eigenvalue weighted by Crippen LogP contribution is 2.50. The monoisotopic (exact) mass is 630 g/mol. The molecule has 0 N–H and O–H groups in total. The van der Waals surface area contributed by atoms with E-state index in [1.165, 1.54) is 16.2 Å². The first-order chi connectivity index (χ1) is 21.0. The van der Waals surface area contributed by atoms with Crippen LogP contribution in [0.3, 0.4) is 0 Å². The highest BCUT2D eigenvalue weighted by atomic mass is 35.7. The lowest BCUT2D eigenvalue weighted by Crippen LogP contribution is -2.62. The number of allylic oxidation sites excluding steroid dienone is 4. The van der Waals surface area contributed by atoms with Crippen LogP contribution < -0.4 is 35.2 Å². The summed E-state index contributed by atoms with van der Waals surface area (Å²) in [7, 11) is -6.74. The van der Waals surface area contributed by atoms with Gasteiger partial charge in [0.25, 0.3) is 0 Å². The Hall–Kier alpha value is -2.65. The summed E-state index contributed by atoms with van der Waals surface area (Å²) in [6.07, 6.45) is 12.0. The van der Waals surface area contributed by atoms with E-state index in [9.17, 15) is 14.0 Å². The largest absolute Gasteiger partial charge is 0.239 e. The fraction of sp³-hybridized carbons (Fsp3) is 0.222. The zero-order valence-corrected chi connectivity index (χ0v) is 26.6. The Balaban J connectivity index is 1.57. The first-order valence-electron chi connectivity index (χ1n) is 14.7. The van der Waals surface area contributed by atoms with Crippen molar-refractivity contribution >= 4 is 37.1 Å². The summed E-state index contributed by atoms with van der Waals surface area (Å²) in [5.41, 5.74) is 1.57. The molecule has 2 unspecified atom stereocenters. The van der Waals surface area contributed by atoms with Crippen molar-refractivity contribution < 1.29 is 28.5 Å². The van der Waals surface area contributed by atoms with E-state index in [0.29, 0.717) is 12.8 Å². The van der Waals surface area contributed by atoms with Gasteiger partial charge < -0.3 is 0 Å². The molecule has 4 aromatic rings. The molecule has 0 radical (unpaired) electrons. The maximum Gasteiger partial charge on any atom is 0.239 e. The molecular weight excluding hydrogens is 594 g/mol. The molecule has 5 rings (SSSR count). The second-order valence-corrected chi connectivity index (χ2v) is 16.1. The lowest BCUT2D eigenvalue weighted by atomic mass is 9.99. The fourth-order valence-corrected chi connectivity index (χ4v) is 12.0. The van der Waals surface area contributed by atoms with E-state index in [1.807, 2.05) is 72.8 Å². The van der Waals surface area contributed by atoms with Gasteiger partial charge in [-0.05, 0) is 67.7 Å². The van der Waals surface area contributed by atoms with Gasteiger partial charge in [-0.15, -0.1) is 0 Å². The standard InChI is InChI=1S/C36H37ClO4P2/c38-37(39,40)41-36(43(33-24-14-6-15-25-33)34-26-16-7-17-27-34)29-28-35(30-18-8-2-1-3-9-19-30)42(31-20-10-4-11-21-31)32-22-12-5-13-23-32/h1-2,4-7,10-17,19-27,35-36H,3,8-9,18,28-29H2. The molecule has 0 bridgehead atoms. The average molecular weight is 631 g/mol. The molecule has 0 amide bonds. The predicted molar refractivity (Wildman–Crippen MR) is 172 cm³/mol. The zero-order valence-electron chi connectivity index (χ0n) is 24.1. The average Bonchev–Trinajstić information content (AvgIpc) is 3.01. The van der Waals surface area contributed by atoms with Gasteiger partial charge in [0.1, 0.15) is 0 Å². The van der Waals surface area contributed by atoms with Crippen LogP contribution >= 0.6 is 15.8 Å². The zero-order chi connectivity index (χ0) is 29.9. The van der Waals surface area contributed by atoms with Gasteiger partial charge in [0.2, 0.25) is 5.85 Å². The Kier molecular flexibility index (Phi) is 11.7. The molecule has 222 valence electrons. The summed E-state index contributed by atoms with van der Waals surface area (Å²) in [6.45, 7) is 0. The molecular formula is C36H37ClO4P2. The lowest BCUT2D eigenvalue weighted by molar-refractivity contribution is -1.92. The van der Waals surface area contributed by atoms with Crippen LogP contribution in [0.2, 0.25) is 0 Å². The quantitative estimate of drug-likeness (QED) is 0.168. The molecule has 1 aliphatic carbocycles. The number of benzene rings is 4. The van der Waals surface area contributed by atoms with Crippen LogP contribution in [0, 0.1) is 10.2 Å². The molecule has 0 fully saturated rings. The third-order valence-corrected chi connectivity index (χ3v) is 13.7. The molecule has 0 saturated carbocycles. The van der Waals surface area contributed by atoms with Gasteiger partial charge in [0.15, 0.2) is 0 Å². The molecule has 0 aromatic heterocycles. The number of halogens is 1. The van der Waals surface area contributed by atoms with Gasteiger partial charge >= 0.3 is 0 Å². The summed E-state index contributed by atoms with van der Waals surface area (Å²) < 4.78 is 42.1. The van der Waals surface area contributed by atoms with Crippen LogP contribution in [0.15, 0.2) is 145 Å². The van der Waals surface area contributed by atoms with Crippen LogP contribution in [-0.2, 0) is 4.29 Å². The molecule has 0 aliphatic heterocycles. The highest BCUT2D eigenvalue weighted by molar-refractivity contribution is 7.74. The smallest absolute Gasteiger partial charge is 0.183 e. The van der Waals surface area contributed by atoms with E-state index >= 15 is 0 Å². The molecule has 43 heavy (non-hydrogen) atoms. The maximum absolute atomic E-state index is 12.2. The van der Waals surface area contributed by atoms with Gasteiger partial charge in [-0.3, -0.25) is 0 Å². The summed E-state index contributed by atoms with van der Waals surface area (Å²) in [6, 6.07) is 41.0. The van der Waals surface area contributed by atoms with Crippen molar-refractivity contribution in [3.63, 3.8) is 0 Å². The summed E-state index contributed by atoms with van der Waals surface area (Å²) >= 11 is 0. The molecule has 4 nitrogen and oxygen atoms in total. The topological polar surface area (TPSA) is 78.4 Å². The van der Waals surface area contributed by atoms with Crippen LogP contribution in [0.5, 0.6) is 0 Å². The Labute approximate surface area is 260 Å². The third-order valence-electron chi connectivity index (χ3n) is 7.57. The fourth-order valence-electron chi connectivity index (χ4n) is 5.72. The van der Waals surface area contributed by atoms with Crippen molar-refractivity contribution in [2.24, 2.45) is 0 Å². The van der Waals surface area contributed by atoms with Gasteiger partial charge in [-0.1, -0.05) is 145 Å². The summed E-state index contributed by atoms with van der Waals surface area (Å²) in [5, 5.41) is 4.53. The van der Waals surface area contributed by atoms with Crippen molar-refractivity contribution in [1.82, 2.24) is 0 Å². The highest BCUT2D eigenvalue weighted by Gasteiger charge is 2.39. The molecule has 1 aliphatic rings. The van der Waals surface area contributed by atoms with Crippen molar-refractivity contribution in [2.45, 2.75) is 50.0 Å². The van der Waals surface area contributed by atoms with Gasteiger partial charge in [-0.25, -0.2) is 0 Å². The molecule has 0 spiro atoms. The Morgan fingerprint density at radius 2 is 1.00 bits per heavy atom. The van der Waals surface area contributed by atoms with E-state index in [1.54, 1.807) is 0 Å². The second-order valence-electron chi connectivity index (χ2n) is 10.5. The van der Waals surface area contributed by atoms with Gasteiger partial charge in [0, 0.05) is 13.6 Å². The molecule has 0 heterocycles. The van der Waals surface area contributed by atoms with Crippen LogP contribution in [0.4, 0.5) is 0 Å².